The summed E-state index contributed by atoms with van der Waals surface area (Å²) in [4.78, 5) is 0. The number of hydrogen-bond donors (Lipinski definition) is 2. The van der Waals surface area contributed by atoms with Crippen molar-refractivity contribution in [2.75, 3.05) is 13.2 Å². The molecule has 0 radical (unpaired) electrons. The molecule has 23 heavy (non-hydrogen) atoms. The van der Waals surface area contributed by atoms with Crippen LogP contribution in [0.1, 0.15) is 104 Å². The van der Waals surface area contributed by atoms with Gasteiger partial charge in [-0.25, -0.2) is 0 Å². The van der Waals surface area contributed by atoms with Gasteiger partial charge in [-0.1, -0.05) is 90.4 Å². The molecule has 0 aromatic heterocycles. The first-order chi connectivity index (χ1) is 11.2. The minimum Gasteiger partial charge on any atom is -0.394 e. The van der Waals surface area contributed by atoms with Crippen LogP contribution < -0.4 is 0 Å². The molecular weight excluding hydrogens is 288 g/mol. The highest BCUT2D eigenvalue weighted by atomic mass is 16.5. The van der Waals surface area contributed by atoms with E-state index < -0.39 is 6.10 Å². The summed E-state index contributed by atoms with van der Waals surface area (Å²) in [7, 11) is 0. The lowest BCUT2D eigenvalue weighted by Crippen LogP contribution is -2.22. The fourth-order valence-corrected chi connectivity index (χ4v) is 2.86. The van der Waals surface area contributed by atoms with E-state index in [-0.39, 0.29) is 19.3 Å². The SMILES string of the molecule is CCCCCCCCCCCCCCCC(C)OCC(O)CO. The molecule has 0 fully saturated rings. The third kappa shape index (κ3) is 18.1. The van der Waals surface area contributed by atoms with Gasteiger partial charge in [-0.2, -0.15) is 0 Å². The van der Waals surface area contributed by atoms with Crippen LogP contribution >= 0.6 is 0 Å². The summed E-state index contributed by atoms with van der Waals surface area (Å²) >= 11 is 0. The fraction of sp³-hybridized carbons (Fsp3) is 1.00. The Bertz CT molecular complexity index is 221. The standard InChI is InChI=1S/C20H42O3/c1-3-4-5-6-7-8-9-10-11-12-13-14-15-16-19(2)23-18-20(22)17-21/h19-22H,3-18H2,1-2H3. The van der Waals surface area contributed by atoms with Gasteiger partial charge in [0.25, 0.3) is 0 Å². The van der Waals surface area contributed by atoms with E-state index in [1.807, 2.05) is 6.92 Å². The van der Waals surface area contributed by atoms with Gasteiger partial charge >= 0.3 is 0 Å². The van der Waals surface area contributed by atoms with Crippen LogP contribution in [0, 0.1) is 0 Å². The van der Waals surface area contributed by atoms with Gasteiger partial charge in [-0.15, -0.1) is 0 Å². The number of ether oxygens (including phenoxy) is 1. The van der Waals surface area contributed by atoms with Crippen molar-refractivity contribution in [2.45, 2.75) is 116 Å². The van der Waals surface area contributed by atoms with Crippen molar-refractivity contribution in [1.82, 2.24) is 0 Å². The van der Waals surface area contributed by atoms with Crippen molar-refractivity contribution in [2.24, 2.45) is 0 Å². The second kappa shape index (κ2) is 18.2. The van der Waals surface area contributed by atoms with E-state index in [0.717, 1.165) is 6.42 Å². The van der Waals surface area contributed by atoms with Crippen LogP contribution in [0.5, 0.6) is 0 Å². The Morgan fingerprint density at radius 3 is 1.61 bits per heavy atom. The molecule has 140 valence electrons. The Morgan fingerprint density at radius 1 is 0.739 bits per heavy atom. The molecular formula is C20H42O3. The first-order valence-corrected chi connectivity index (χ1v) is 10.1. The molecule has 2 N–H and O–H groups in total. The summed E-state index contributed by atoms with van der Waals surface area (Å²) in [6.07, 6.45) is 18.4. The molecule has 0 heterocycles. The molecule has 0 saturated carbocycles. The average Bonchev–Trinajstić information content (AvgIpc) is 2.56. The molecule has 0 aromatic rings. The van der Waals surface area contributed by atoms with Crippen molar-refractivity contribution in [1.29, 1.82) is 0 Å². The summed E-state index contributed by atoms with van der Waals surface area (Å²) in [5.41, 5.74) is 0. The summed E-state index contributed by atoms with van der Waals surface area (Å²) < 4.78 is 5.49. The van der Waals surface area contributed by atoms with Gasteiger partial charge in [0.1, 0.15) is 6.10 Å². The number of unbranched alkanes of at least 4 members (excludes halogenated alkanes) is 12. The Morgan fingerprint density at radius 2 is 1.17 bits per heavy atom. The molecule has 3 nitrogen and oxygen atoms in total. The molecule has 0 aliphatic carbocycles. The lowest BCUT2D eigenvalue weighted by atomic mass is 10.0. The van der Waals surface area contributed by atoms with Crippen LogP contribution in [-0.4, -0.2) is 35.6 Å². The Balaban J connectivity index is 3.12. The summed E-state index contributed by atoms with van der Waals surface area (Å²) in [5, 5.41) is 17.9. The second-order valence-corrected chi connectivity index (χ2v) is 7.01. The predicted molar refractivity (Wildman–Crippen MR) is 98.8 cm³/mol. The smallest absolute Gasteiger partial charge is 0.100 e. The minimum atomic E-state index is -0.732. The van der Waals surface area contributed by atoms with E-state index in [0.29, 0.717) is 0 Å². The fourth-order valence-electron chi connectivity index (χ4n) is 2.86. The molecule has 0 aliphatic heterocycles. The minimum absolute atomic E-state index is 0.184. The molecule has 2 unspecified atom stereocenters. The monoisotopic (exact) mass is 330 g/mol. The number of rotatable bonds is 18. The number of aliphatic hydroxyl groups is 2. The Kier molecular flexibility index (Phi) is 18.1. The van der Waals surface area contributed by atoms with Gasteiger partial charge in [0.2, 0.25) is 0 Å². The third-order valence-electron chi connectivity index (χ3n) is 4.50. The maximum atomic E-state index is 9.22. The molecule has 0 aliphatic rings. The van der Waals surface area contributed by atoms with Gasteiger partial charge in [-0.3, -0.25) is 0 Å². The molecule has 0 aromatic carbocycles. The molecule has 0 amide bonds. The third-order valence-corrected chi connectivity index (χ3v) is 4.50. The van der Waals surface area contributed by atoms with E-state index in [1.165, 1.54) is 83.5 Å². The molecule has 3 heteroatoms. The summed E-state index contributed by atoms with van der Waals surface area (Å²) in [5.74, 6) is 0. The lowest BCUT2D eigenvalue weighted by Gasteiger charge is -2.15. The van der Waals surface area contributed by atoms with E-state index in [9.17, 15) is 5.11 Å². The summed E-state index contributed by atoms with van der Waals surface area (Å²) in [6, 6.07) is 0. The molecule has 2 atom stereocenters. The largest absolute Gasteiger partial charge is 0.394 e. The van der Waals surface area contributed by atoms with Crippen LogP contribution in [0.2, 0.25) is 0 Å². The van der Waals surface area contributed by atoms with Crippen LogP contribution in [-0.2, 0) is 4.74 Å². The van der Waals surface area contributed by atoms with Gasteiger partial charge in [0, 0.05) is 0 Å². The predicted octanol–water partition coefficient (Wildman–Crippen LogP) is 5.23. The van der Waals surface area contributed by atoms with Gasteiger partial charge in [0.15, 0.2) is 0 Å². The van der Waals surface area contributed by atoms with Crippen LogP contribution in [0.3, 0.4) is 0 Å². The van der Waals surface area contributed by atoms with E-state index in [1.54, 1.807) is 0 Å². The van der Waals surface area contributed by atoms with Crippen molar-refractivity contribution in [3.05, 3.63) is 0 Å². The van der Waals surface area contributed by atoms with Gasteiger partial charge in [-0.05, 0) is 13.3 Å². The quantitative estimate of drug-likeness (QED) is 0.338. The lowest BCUT2D eigenvalue weighted by molar-refractivity contribution is -0.0254. The van der Waals surface area contributed by atoms with Crippen molar-refractivity contribution < 1.29 is 14.9 Å². The molecule has 0 bridgehead atoms. The van der Waals surface area contributed by atoms with Crippen molar-refractivity contribution in [3.63, 3.8) is 0 Å². The van der Waals surface area contributed by atoms with Crippen LogP contribution in [0.4, 0.5) is 0 Å². The Hall–Kier alpha value is -0.120. The van der Waals surface area contributed by atoms with Crippen molar-refractivity contribution in [3.8, 4) is 0 Å². The highest BCUT2D eigenvalue weighted by Crippen LogP contribution is 2.13. The zero-order chi connectivity index (χ0) is 17.2. The Labute approximate surface area is 144 Å². The van der Waals surface area contributed by atoms with Gasteiger partial charge in [0.05, 0.1) is 19.3 Å². The van der Waals surface area contributed by atoms with E-state index >= 15 is 0 Å². The zero-order valence-electron chi connectivity index (χ0n) is 15.8. The van der Waals surface area contributed by atoms with Crippen LogP contribution in [0.25, 0.3) is 0 Å². The molecule has 0 saturated heterocycles. The first-order valence-electron chi connectivity index (χ1n) is 10.1. The molecule has 0 spiro atoms. The highest BCUT2D eigenvalue weighted by Gasteiger charge is 2.06. The maximum Gasteiger partial charge on any atom is 0.100 e. The molecule has 0 rings (SSSR count). The van der Waals surface area contributed by atoms with E-state index in [2.05, 4.69) is 6.92 Å². The number of aliphatic hydroxyl groups excluding tert-OH is 2. The first kappa shape index (κ1) is 22.9. The second-order valence-electron chi connectivity index (χ2n) is 7.01. The van der Waals surface area contributed by atoms with Gasteiger partial charge < -0.3 is 14.9 Å². The topological polar surface area (TPSA) is 49.7 Å². The van der Waals surface area contributed by atoms with Crippen LogP contribution in [0.15, 0.2) is 0 Å². The van der Waals surface area contributed by atoms with E-state index in [4.69, 9.17) is 9.84 Å². The highest BCUT2D eigenvalue weighted by molar-refractivity contribution is 4.56. The summed E-state index contributed by atoms with van der Waals surface area (Å²) in [6.45, 7) is 4.35. The normalized spacial score (nSPS) is 14.1. The maximum absolute atomic E-state index is 9.22. The van der Waals surface area contributed by atoms with Crippen molar-refractivity contribution >= 4 is 0 Å². The average molecular weight is 331 g/mol. The number of hydrogen-bond acceptors (Lipinski definition) is 3. The zero-order valence-corrected chi connectivity index (χ0v) is 15.8.